The van der Waals surface area contributed by atoms with E-state index in [1.807, 2.05) is 23.9 Å². The number of nitrogens with zero attached hydrogens (tertiary/aromatic N) is 2. The highest BCUT2D eigenvalue weighted by Gasteiger charge is 2.19. The molecule has 0 saturated carbocycles. The molecule has 0 bridgehead atoms. The SMILES string of the molecule is CCCCCCCN(C)COC(=O)c1ccccc1C(=O)OCN(C)CCCCCCC. The van der Waals surface area contributed by atoms with Gasteiger partial charge in [0.2, 0.25) is 0 Å². The van der Waals surface area contributed by atoms with Crippen molar-refractivity contribution in [2.75, 3.05) is 40.6 Å². The van der Waals surface area contributed by atoms with Gasteiger partial charge in [0.25, 0.3) is 0 Å². The predicted octanol–water partition coefficient (Wildman–Crippen LogP) is 5.72. The quantitative estimate of drug-likeness (QED) is 0.163. The van der Waals surface area contributed by atoms with Gasteiger partial charge in [0.15, 0.2) is 0 Å². The molecule has 1 aromatic rings. The number of benzene rings is 1. The second kappa shape index (κ2) is 17.6. The third-order valence-corrected chi connectivity index (χ3v) is 5.49. The summed E-state index contributed by atoms with van der Waals surface area (Å²) in [7, 11) is 3.87. The van der Waals surface area contributed by atoms with Crippen molar-refractivity contribution in [2.24, 2.45) is 0 Å². The van der Waals surface area contributed by atoms with Crippen LogP contribution in [0.2, 0.25) is 0 Å². The fraction of sp³-hybridized carbons (Fsp3) is 0.692. The number of esters is 2. The van der Waals surface area contributed by atoms with Crippen LogP contribution in [0.25, 0.3) is 0 Å². The molecule has 0 fully saturated rings. The van der Waals surface area contributed by atoms with Gasteiger partial charge in [-0.2, -0.15) is 0 Å². The van der Waals surface area contributed by atoms with Crippen molar-refractivity contribution in [2.45, 2.75) is 78.1 Å². The number of ether oxygens (including phenoxy) is 2. The molecule has 1 aromatic carbocycles. The van der Waals surface area contributed by atoms with E-state index >= 15 is 0 Å². The second-order valence-corrected chi connectivity index (χ2v) is 8.66. The Balaban J connectivity index is 2.44. The molecule has 0 unspecified atom stereocenters. The van der Waals surface area contributed by atoms with Crippen LogP contribution in [0.1, 0.15) is 98.8 Å². The van der Waals surface area contributed by atoms with E-state index in [0.29, 0.717) is 0 Å². The normalized spacial score (nSPS) is 11.2. The molecule has 0 atom stereocenters. The van der Waals surface area contributed by atoms with E-state index in [-0.39, 0.29) is 24.6 Å². The van der Waals surface area contributed by atoms with Crippen LogP contribution in [-0.4, -0.2) is 62.4 Å². The molecule has 0 aliphatic carbocycles. The minimum atomic E-state index is -0.500. The van der Waals surface area contributed by atoms with Gasteiger partial charge in [0, 0.05) is 13.1 Å². The van der Waals surface area contributed by atoms with Crippen molar-refractivity contribution in [1.82, 2.24) is 9.80 Å². The van der Waals surface area contributed by atoms with Gasteiger partial charge in [-0.3, -0.25) is 9.80 Å². The lowest BCUT2D eigenvalue weighted by Crippen LogP contribution is -2.27. The standard InChI is InChI=1S/C26H44N2O4/c1-5-7-9-11-15-19-27(3)21-31-25(29)23-17-13-14-18-24(23)26(30)32-22-28(4)20-16-12-10-8-6-2/h13-14,17-18H,5-12,15-16,19-22H2,1-4H3. The summed E-state index contributed by atoms with van der Waals surface area (Å²) in [6, 6.07) is 6.68. The lowest BCUT2D eigenvalue weighted by atomic mass is 10.1. The average Bonchev–Trinajstić information content (AvgIpc) is 2.80. The number of carbonyl (C=O) groups excluding carboxylic acids is 2. The summed E-state index contributed by atoms with van der Waals surface area (Å²) in [5.74, 6) is -1.00. The van der Waals surface area contributed by atoms with Gasteiger partial charge < -0.3 is 9.47 Å². The highest BCUT2D eigenvalue weighted by Crippen LogP contribution is 2.13. The van der Waals surface area contributed by atoms with Gasteiger partial charge >= 0.3 is 11.9 Å². The zero-order valence-corrected chi connectivity index (χ0v) is 20.7. The molecule has 0 saturated heterocycles. The fourth-order valence-electron chi connectivity index (χ4n) is 3.43. The van der Waals surface area contributed by atoms with Crippen molar-refractivity contribution in [3.63, 3.8) is 0 Å². The van der Waals surface area contributed by atoms with E-state index < -0.39 is 11.9 Å². The Kier molecular flexibility index (Phi) is 15.5. The maximum atomic E-state index is 12.6. The summed E-state index contributed by atoms with van der Waals surface area (Å²) < 4.78 is 10.9. The van der Waals surface area contributed by atoms with Gasteiger partial charge in [-0.1, -0.05) is 77.3 Å². The van der Waals surface area contributed by atoms with Crippen LogP contribution in [0.15, 0.2) is 24.3 Å². The lowest BCUT2D eigenvalue weighted by Gasteiger charge is -2.18. The molecule has 0 aliphatic heterocycles. The van der Waals surface area contributed by atoms with Crippen LogP contribution in [0.3, 0.4) is 0 Å². The van der Waals surface area contributed by atoms with Gasteiger partial charge in [-0.25, -0.2) is 9.59 Å². The average molecular weight is 449 g/mol. The predicted molar refractivity (Wildman–Crippen MR) is 130 cm³/mol. The highest BCUT2D eigenvalue weighted by atomic mass is 16.6. The highest BCUT2D eigenvalue weighted by molar-refractivity contribution is 6.03. The first-order chi connectivity index (χ1) is 15.5. The third kappa shape index (κ3) is 12.2. The molecule has 0 aliphatic rings. The Morgan fingerprint density at radius 1 is 0.656 bits per heavy atom. The first-order valence-electron chi connectivity index (χ1n) is 12.3. The van der Waals surface area contributed by atoms with Crippen LogP contribution in [0.4, 0.5) is 0 Å². The third-order valence-electron chi connectivity index (χ3n) is 5.49. The summed E-state index contributed by atoms with van der Waals surface area (Å²) in [6.07, 6.45) is 12.0. The van der Waals surface area contributed by atoms with E-state index in [1.54, 1.807) is 24.3 Å². The van der Waals surface area contributed by atoms with Crippen molar-refractivity contribution in [3.05, 3.63) is 35.4 Å². The molecule has 32 heavy (non-hydrogen) atoms. The molecule has 182 valence electrons. The zero-order chi connectivity index (χ0) is 23.6. The molecule has 0 amide bonds. The smallest absolute Gasteiger partial charge is 0.340 e. The van der Waals surface area contributed by atoms with E-state index in [2.05, 4.69) is 13.8 Å². The first-order valence-corrected chi connectivity index (χ1v) is 12.3. The van der Waals surface area contributed by atoms with Crippen molar-refractivity contribution in [1.29, 1.82) is 0 Å². The van der Waals surface area contributed by atoms with Crippen molar-refractivity contribution >= 4 is 11.9 Å². The van der Waals surface area contributed by atoms with Crippen LogP contribution < -0.4 is 0 Å². The maximum Gasteiger partial charge on any atom is 0.340 e. The van der Waals surface area contributed by atoms with Crippen molar-refractivity contribution < 1.29 is 19.1 Å². The largest absolute Gasteiger partial charge is 0.446 e. The van der Waals surface area contributed by atoms with Crippen LogP contribution in [0.5, 0.6) is 0 Å². The van der Waals surface area contributed by atoms with E-state index in [0.717, 1.165) is 25.9 Å². The molecule has 0 heterocycles. The zero-order valence-electron chi connectivity index (χ0n) is 20.7. The Labute approximate surface area is 195 Å². The van der Waals surface area contributed by atoms with Gasteiger partial charge in [-0.15, -0.1) is 0 Å². The van der Waals surface area contributed by atoms with Crippen LogP contribution >= 0.6 is 0 Å². The number of hydrogen-bond donors (Lipinski definition) is 0. The minimum Gasteiger partial charge on any atom is -0.446 e. The Morgan fingerprint density at radius 2 is 1.03 bits per heavy atom. The second-order valence-electron chi connectivity index (χ2n) is 8.66. The summed E-state index contributed by atoms with van der Waals surface area (Å²) in [4.78, 5) is 29.1. The number of rotatable bonds is 18. The summed E-state index contributed by atoms with van der Waals surface area (Å²) in [6.45, 7) is 6.57. The van der Waals surface area contributed by atoms with E-state index in [9.17, 15) is 9.59 Å². The molecule has 6 heteroatoms. The van der Waals surface area contributed by atoms with E-state index in [4.69, 9.17) is 9.47 Å². The molecule has 0 aromatic heterocycles. The topological polar surface area (TPSA) is 59.1 Å². The number of unbranched alkanes of at least 4 members (excludes halogenated alkanes) is 8. The van der Waals surface area contributed by atoms with Gasteiger partial charge in [0.1, 0.15) is 13.5 Å². The molecular formula is C26H44N2O4. The van der Waals surface area contributed by atoms with E-state index in [1.165, 1.54) is 51.4 Å². The fourth-order valence-corrected chi connectivity index (χ4v) is 3.43. The summed E-state index contributed by atoms with van der Waals surface area (Å²) >= 11 is 0. The first kappa shape index (κ1) is 28.1. The van der Waals surface area contributed by atoms with Gasteiger partial charge in [0.05, 0.1) is 11.1 Å². The number of hydrogen-bond acceptors (Lipinski definition) is 6. The number of carbonyl (C=O) groups is 2. The van der Waals surface area contributed by atoms with Crippen LogP contribution in [-0.2, 0) is 9.47 Å². The summed E-state index contributed by atoms with van der Waals surface area (Å²) in [5.41, 5.74) is 0.493. The molecule has 0 spiro atoms. The van der Waals surface area contributed by atoms with Crippen LogP contribution in [0, 0.1) is 0 Å². The van der Waals surface area contributed by atoms with Crippen molar-refractivity contribution in [3.8, 4) is 0 Å². The Hall–Kier alpha value is -1.92. The monoisotopic (exact) mass is 448 g/mol. The molecule has 0 radical (unpaired) electrons. The molecular weight excluding hydrogens is 404 g/mol. The molecule has 6 nitrogen and oxygen atoms in total. The lowest BCUT2D eigenvalue weighted by molar-refractivity contribution is 0.0226. The molecule has 0 N–H and O–H groups in total. The summed E-state index contributed by atoms with van der Waals surface area (Å²) in [5, 5.41) is 0. The maximum absolute atomic E-state index is 12.6. The Morgan fingerprint density at radius 3 is 1.41 bits per heavy atom. The minimum absolute atomic E-state index is 0.205. The molecule has 1 rings (SSSR count). The van der Waals surface area contributed by atoms with Gasteiger partial charge in [-0.05, 0) is 39.1 Å². The Bertz CT molecular complexity index is 595.